The molecule has 0 spiro atoms. The van der Waals surface area contributed by atoms with Gasteiger partial charge >= 0.3 is 0 Å². The highest BCUT2D eigenvalue weighted by molar-refractivity contribution is 8.05. The monoisotopic (exact) mass is 815 g/mol. The molecule has 3 aliphatic heterocycles. The third-order valence-electron chi connectivity index (χ3n) is 12.3. The first kappa shape index (κ1) is 36.2. The molecule has 8 aromatic carbocycles. The second-order valence-electron chi connectivity index (χ2n) is 16.5. The van der Waals surface area contributed by atoms with E-state index in [4.69, 9.17) is 9.47 Å². The number of hydrogen-bond acceptors (Lipinski definition) is 5. The zero-order chi connectivity index (χ0) is 39.9. The minimum absolute atomic E-state index is 0.188. The minimum Gasteiger partial charge on any atom is -0.456 e. The van der Waals surface area contributed by atoms with E-state index >= 15 is 0 Å². The maximum atomic E-state index is 6.93. The molecule has 8 aromatic rings. The molecule has 0 aromatic heterocycles. The van der Waals surface area contributed by atoms with Crippen LogP contribution in [0.2, 0.25) is 13.1 Å². The Kier molecular flexibility index (Phi) is 8.49. The van der Waals surface area contributed by atoms with Crippen molar-refractivity contribution < 1.29 is 9.47 Å². The lowest BCUT2D eigenvalue weighted by molar-refractivity contribution is 0.419. The number of hydrogen-bond donors (Lipinski definition) is 0. The van der Waals surface area contributed by atoms with Gasteiger partial charge in [0.25, 0.3) is 0 Å². The smallest absolute Gasteiger partial charge is 0.151 e. The van der Waals surface area contributed by atoms with E-state index in [1.165, 1.54) is 52.2 Å². The van der Waals surface area contributed by atoms with E-state index in [9.17, 15) is 0 Å². The first-order valence-electron chi connectivity index (χ1n) is 20.2. The summed E-state index contributed by atoms with van der Waals surface area (Å²) in [6, 6.07) is 63.6. The minimum atomic E-state index is -2.08. The Hall–Kier alpha value is -5.92. The molecule has 286 valence electrons. The molecule has 0 unspecified atom stereocenters. The van der Waals surface area contributed by atoms with Crippen LogP contribution in [0.25, 0.3) is 22.3 Å². The van der Waals surface area contributed by atoms with Gasteiger partial charge < -0.3 is 14.4 Å². The van der Waals surface area contributed by atoms with Crippen molar-refractivity contribution in [2.75, 3.05) is 4.90 Å². The van der Waals surface area contributed by atoms with E-state index in [1.54, 1.807) is 0 Å². The molecule has 0 amide bonds. The normalized spacial score (nSPS) is 14.8. The van der Waals surface area contributed by atoms with Gasteiger partial charge in [0.15, 0.2) is 5.75 Å². The summed E-state index contributed by atoms with van der Waals surface area (Å²) >= 11 is 3.73. The first-order valence-corrected chi connectivity index (χ1v) is 24.8. The highest BCUT2D eigenvalue weighted by atomic mass is 32.2. The van der Waals surface area contributed by atoms with Crippen molar-refractivity contribution in [1.82, 2.24) is 0 Å². The van der Waals surface area contributed by atoms with E-state index in [0.29, 0.717) is 0 Å². The lowest BCUT2D eigenvalue weighted by Gasteiger charge is -2.36. The highest BCUT2D eigenvalue weighted by Gasteiger charge is 2.39. The van der Waals surface area contributed by atoms with E-state index in [-0.39, 0.29) is 5.41 Å². The third kappa shape index (κ3) is 5.88. The summed E-state index contributed by atoms with van der Waals surface area (Å²) in [4.78, 5) is 7.60. The molecule has 0 radical (unpaired) electrons. The number of rotatable bonds is 5. The molecular formula is C53H41NO2S2Si. The van der Waals surface area contributed by atoms with Crippen LogP contribution >= 0.6 is 23.5 Å². The lowest BCUT2D eigenvalue weighted by Crippen LogP contribution is -2.56. The first-order chi connectivity index (χ1) is 28.8. The molecule has 3 nitrogen and oxygen atoms in total. The number of anilines is 3. The summed E-state index contributed by atoms with van der Waals surface area (Å²) in [6.45, 7) is 9.44. The van der Waals surface area contributed by atoms with Crippen LogP contribution in [-0.2, 0) is 5.41 Å². The summed E-state index contributed by atoms with van der Waals surface area (Å²) in [7, 11) is -2.08. The van der Waals surface area contributed by atoms with Crippen LogP contribution < -0.4 is 24.7 Å². The predicted molar refractivity (Wildman–Crippen MR) is 249 cm³/mol. The van der Waals surface area contributed by atoms with Crippen LogP contribution in [0.5, 0.6) is 23.0 Å². The van der Waals surface area contributed by atoms with Gasteiger partial charge in [-0.25, -0.2) is 0 Å². The lowest BCUT2D eigenvalue weighted by atomic mass is 9.75. The Morgan fingerprint density at radius 2 is 1.00 bits per heavy atom. The molecule has 0 aliphatic carbocycles. The maximum absolute atomic E-state index is 6.93. The van der Waals surface area contributed by atoms with Gasteiger partial charge in [-0.1, -0.05) is 166 Å². The molecule has 6 heteroatoms. The Bertz CT molecular complexity index is 2960. The van der Waals surface area contributed by atoms with Gasteiger partial charge in [-0.15, -0.1) is 0 Å². The number of ether oxygens (including phenoxy) is 2. The molecule has 0 saturated heterocycles. The van der Waals surface area contributed by atoms with Crippen LogP contribution in [0.3, 0.4) is 0 Å². The average Bonchev–Trinajstić information content (AvgIpc) is 3.26. The molecule has 0 atom stereocenters. The predicted octanol–water partition coefficient (Wildman–Crippen LogP) is 14.5. The summed E-state index contributed by atoms with van der Waals surface area (Å²) in [6.07, 6.45) is 0. The van der Waals surface area contributed by atoms with Crippen LogP contribution in [-0.4, -0.2) is 8.07 Å². The van der Waals surface area contributed by atoms with Crippen molar-refractivity contribution in [1.29, 1.82) is 0 Å². The quantitative estimate of drug-likeness (QED) is 0.161. The average molecular weight is 816 g/mol. The number of nitrogens with zero attached hydrogens (tertiary/aromatic N) is 1. The molecule has 0 saturated carbocycles. The molecule has 0 N–H and O–H groups in total. The second kappa shape index (κ2) is 13.8. The molecule has 3 heterocycles. The van der Waals surface area contributed by atoms with E-state index < -0.39 is 8.07 Å². The SMILES string of the molecule is CC1(C)c2ccccc2Oc2c(-c3ccc(N(c4ccc(-c5cccc6c5Sc5ccccc5S6)cc4)c4cccc5c4Oc4ccccc4[Si]5(C)C)cc3)cccc21. The highest BCUT2D eigenvalue weighted by Crippen LogP contribution is 2.53. The Labute approximate surface area is 355 Å². The van der Waals surface area contributed by atoms with Gasteiger partial charge in [-0.3, -0.25) is 0 Å². The van der Waals surface area contributed by atoms with Gasteiger partial charge in [0, 0.05) is 53.1 Å². The summed E-state index contributed by atoms with van der Waals surface area (Å²) in [5, 5.41) is 2.63. The van der Waals surface area contributed by atoms with Crippen LogP contribution in [0.1, 0.15) is 25.0 Å². The Balaban J connectivity index is 1.02. The fourth-order valence-corrected chi connectivity index (χ4v) is 14.3. The van der Waals surface area contributed by atoms with E-state index in [1.807, 2.05) is 23.5 Å². The van der Waals surface area contributed by atoms with E-state index in [0.717, 1.165) is 51.2 Å². The van der Waals surface area contributed by atoms with Crippen molar-refractivity contribution in [3.05, 3.63) is 187 Å². The Morgan fingerprint density at radius 3 is 1.76 bits per heavy atom. The summed E-state index contributed by atoms with van der Waals surface area (Å²) < 4.78 is 13.6. The zero-order valence-electron chi connectivity index (χ0n) is 33.3. The van der Waals surface area contributed by atoms with Gasteiger partial charge in [0.05, 0.1) is 5.69 Å². The molecule has 59 heavy (non-hydrogen) atoms. The van der Waals surface area contributed by atoms with Crippen molar-refractivity contribution in [2.24, 2.45) is 0 Å². The van der Waals surface area contributed by atoms with Crippen molar-refractivity contribution in [2.45, 2.75) is 51.9 Å². The molecule has 0 bridgehead atoms. The topological polar surface area (TPSA) is 21.7 Å². The number of para-hydroxylation sites is 4. The number of benzene rings is 8. The second-order valence-corrected chi connectivity index (χ2v) is 23.0. The summed E-state index contributed by atoms with van der Waals surface area (Å²) in [5.74, 6) is 3.74. The van der Waals surface area contributed by atoms with Crippen LogP contribution in [0.15, 0.2) is 196 Å². The zero-order valence-corrected chi connectivity index (χ0v) is 36.0. The van der Waals surface area contributed by atoms with E-state index in [2.05, 4.69) is 208 Å². The van der Waals surface area contributed by atoms with Gasteiger partial charge in [-0.2, -0.15) is 0 Å². The van der Waals surface area contributed by atoms with Gasteiger partial charge in [-0.05, 0) is 87.7 Å². The summed E-state index contributed by atoms with van der Waals surface area (Å²) in [5.41, 5.74) is 9.99. The largest absolute Gasteiger partial charge is 0.456 e. The fourth-order valence-electron chi connectivity index (χ4n) is 9.10. The van der Waals surface area contributed by atoms with Crippen molar-refractivity contribution in [3.63, 3.8) is 0 Å². The van der Waals surface area contributed by atoms with Gasteiger partial charge in [0.2, 0.25) is 0 Å². The van der Waals surface area contributed by atoms with Crippen molar-refractivity contribution in [3.8, 4) is 45.3 Å². The molecule has 3 aliphatic rings. The third-order valence-corrected chi connectivity index (χ3v) is 18.4. The van der Waals surface area contributed by atoms with Crippen LogP contribution in [0.4, 0.5) is 17.1 Å². The Morgan fingerprint density at radius 1 is 0.458 bits per heavy atom. The van der Waals surface area contributed by atoms with Crippen LogP contribution in [0, 0.1) is 0 Å². The standard InChI is InChI=1S/C53H41NO2S2Si/c1-53(2)40-16-5-6-19-43(40)55-50-38(14-11-17-41(50)53)34-26-30-36(31-27-34)54(42-18-13-25-49-51(42)56-44-20-7-10-24-48(44)59(49,3)4)37-32-28-35(29-33-37)39-15-12-23-47-52(39)58-46-22-9-8-21-45(46)57-47/h5-33H,1-4H3. The molecule has 0 fully saturated rings. The van der Waals surface area contributed by atoms with Crippen molar-refractivity contribution >= 4 is 59.0 Å². The number of fused-ring (bicyclic) bond motifs is 6. The fraction of sp³-hybridized carbons (Fsp3) is 0.0943. The van der Waals surface area contributed by atoms with Gasteiger partial charge in [0.1, 0.15) is 25.3 Å². The maximum Gasteiger partial charge on any atom is 0.151 e. The molecular weight excluding hydrogens is 775 g/mol. The molecule has 11 rings (SSSR count).